The number of carbonyl (C=O) groups is 3. The van der Waals surface area contributed by atoms with E-state index in [2.05, 4.69) is 29.2 Å². The smallest absolute Gasteiger partial charge is 0.255 e. The van der Waals surface area contributed by atoms with Gasteiger partial charge in [0.05, 0.1) is 24.1 Å². The van der Waals surface area contributed by atoms with E-state index in [1.165, 1.54) is 12.7 Å². The van der Waals surface area contributed by atoms with E-state index in [4.69, 9.17) is 10.5 Å². The largest absolute Gasteiger partial charge is 0.510 e. The van der Waals surface area contributed by atoms with Crippen molar-refractivity contribution in [3.63, 3.8) is 0 Å². The van der Waals surface area contributed by atoms with Crippen molar-refractivity contribution in [1.29, 1.82) is 0 Å². The van der Waals surface area contributed by atoms with Gasteiger partial charge in [0.15, 0.2) is 11.6 Å². The molecule has 1 aliphatic heterocycles. The van der Waals surface area contributed by atoms with Gasteiger partial charge in [-0.05, 0) is 94.4 Å². The summed E-state index contributed by atoms with van der Waals surface area (Å²) in [7, 11) is 8.90. The number of nitrogens with two attached hydrogens (primary N) is 1. The molecule has 6 rings (SSSR count). The molecule has 4 atom stereocenters. The SMILES string of the molecule is COC1=C2C(=O)c3c(O)cc(CN4CCC(c5ccccc5)CC4)c(N(C)C)c3C[C@H]2C[C@H]2[C@H](N(C)C)C(O)=C(C(N)=O)C(=O)[C@@]12C. The maximum Gasteiger partial charge on any atom is 0.255 e. The summed E-state index contributed by atoms with van der Waals surface area (Å²) in [6, 6.07) is 11.7. The first kappa shape index (κ1) is 32.8. The molecule has 2 aromatic rings. The number of aromatic hydroxyl groups is 1. The van der Waals surface area contributed by atoms with Crippen molar-refractivity contribution in [3.8, 4) is 5.75 Å². The van der Waals surface area contributed by atoms with E-state index in [0.717, 1.165) is 42.7 Å². The van der Waals surface area contributed by atoms with Gasteiger partial charge in [0, 0.05) is 37.8 Å². The second-order valence-corrected chi connectivity index (χ2v) is 14.2. The van der Waals surface area contributed by atoms with E-state index < -0.39 is 34.6 Å². The number of hydrogen-bond acceptors (Lipinski definition) is 9. The Morgan fingerprint density at radius 2 is 1.72 bits per heavy atom. The predicted molar refractivity (Wildman–Crippen MR) is 179 cm³/mol. The van der Waals surface area contributed by atoms with Gasteiger partial charge in [0.1, 0.15) is 22.8 Å². The van der Waals surface area contributed by atoms with E-state index in [1.54, 1.807) is 32.0 Å². The van der Waals surface area contributed by atoms with Gasteiger partial charge >= 0.3 is 0 Å². The van der Waals surface area contributed by atoms with Crippen molar-refractivity contribution in [3.05, 3.63) is 81.3 Å². The minimum atomic E-state index is -1.43. The number of amides is 1. The molecule has 4 aliphatic rings. The molecule has 250 valence electrons. The molecule has 4 N–H and O–H groups in total. The third kappa shape index (κ3) is 5.13. The van der Waals surface area contributed by atoms with Gasteiger partial charge in [-0.25, -0.2) is 0 Å². The summed E-state index contributed by atoms with van der Waals surface area (Å²) < 4.78 is 5.93. The number of fused-ring (bicyclic) bond motifs is 3. The number of benzene rings is 2. The summed E-state index contributed by atoms with van der Waals surface area (Å²) in [5.74, 6) is -2.63. The van der Waals surface area contributed by atoms with Gasteiger partial charge in [-0.1, -0.05) is 30.3 Å². The van der Waals surface area contributed by atoms with Crippen LogP contribution in [0.15, 0.2) is 59.1 Å². The summed E-state index contributed by atoms with van der Waals surface area (Å²) >= 11 is 0. The number of ketones is 2. The minimum absolute atomic E-state index is 0.0880. The second kappa shape index (κ2) is 12.1. The highest BCUT2D eigenvalue weighted by molar-refractivity contribution is 6.23. The topological polar surface area (TPSA) is 137 Å². The first-order valence-corrected chi connectivity index (χ1v) is 16.4. The normalized spacial score (nSPS) is 26.7. The molecule has 1 amide bonds. The molecule has 47 heavy (non-hydrogen) atoms. The van der Waals surface area contributed by atoms with Crippen LogP contribution in [0.5, 0.6) is 5.75 Å². The second-order valence-electron chi connectivity index (χ2n) is 14.2. The molecule has 0 aromatic heterocycles. The quantitative estimate of drug-likeness (QED) is 0.384. The van der Waals surface area contributed by atoms with Crippen molar-refractivity contribution < 1.29 is 29.3 Å². The average molecular weight is 643 g/mol. The van der Waals surface area contributed by atoms with Crippen molar-refractivity contribution in [1.82, 2.24) is 9.80 Å². The number of allylic oxidation sites excluding steroid dienone is 2. The standard InChI is InChI=1S/C37H46N4O6/c1-37-25(31(40(4)5)33(44)29(34(37)45)36(38)46)17-22-16-24-28(32(43)27(22)35(37)47-6)26(42)18-23(30(24)39(2)3)19-41-14-12-21(13-15-41)20-10-8-7-9-11-20/h7-11,18,21-22,25,31,42,44H,12-17,19H2,1-6H3,(H2,38,46)/t22-,25-,31-,37-/m0/s1. The number of nitrogens with zero attached hydrogens (tertiary/aromatic N) is 3. The van der Waals surface area contributed by atoms with Gasteiger partial charge in [-0.15, -0.1) is 0 Å². The number of aliphatic hydroxyl groups excluding tert-OH is 1. The Kier molecular flexibility index (Phi) is 8.47. The number of primary amides is 1. The minimum Gasteiger partial charge on any atom is -0.510 e. The molecule has 10 nitrogen and oxygen atoms in total. The van der Waals surface area contributed by atoms with Crippen LogP contribution in [0.2, 0.25) is 0 Å². The number of rotatable bonds is 7. The number of carbonyl (C=O) groups excluding carboxylic acids is 3. The molecular formula is C37H46N4O6. The van der Waals surface area contributed by atoms with Gasteiger partial charge < -0.3 is 25.6 Å². The zero-order valence-electron chi connectivity index (χ0n) is 28.2. The van der Waals surface area contributed by atoms with E-state index in [0.29, 0.717) is 30.9 Å². The molecular weight excluding hydrogens is 596 g/mol. The molecule has 0 spiro atoms. The summed E-state index contributed by atoms with van der Waals surface area (Å²) in [6.07, 6.45) is 2.94. The summed E-state index contributed by atoms with van der Waals surface area (Å²) in [4.78, 5) is 47.2. The molecule has 2 aromatic carbocycles. The number of phenolic OH excluding ortho intramolecular Hbond substituents is 1. The fourth-order valence-electron chi connectivity index (χ4n) is 9.04. The molecule has 0 saturated carbocycles. The zero-order chi connectivity index (χ0) is 33.9. The Labute approximate surface area is 276 Å². The number of likely N-dealkylation sites (tertiary alicyclic amines) is 1. The Morgan fingerprint density at radius 3 is 2.30 bits per heavy atom. The number of Topliss-reactive ketones (excluding diaryl/α,β-unsaturated/α-hetero) is 2. The lowest BCUT2D eigenvalue weighted by atomic mass is 9.54. The summed E-state index contributed by atoms with van der Waals surface area (Å²) in [6.45, 7) is 4.18. The van der Waals surface area contributed by atoms with E-state index in [1.807, 2.05) is 25.1 Å². The molecule has 1 saturated heterocycles. The lowest BCUT2D eigenvalue weighted by molar-refractivity contribution is -0.134. The molecule has 1 heterocycles. The van der Waals surface area contributed by atoms with Gasteiger partial charge in [0.2, 0.25) is 0 Å². The lowest BCUT2D eigenvalue weighted by Gasteiger charge is -2.52. The van der Waals surface area contributed by atoms with E-state index >= 15 is 0 Å². The highest BCUT2D eigenvalue weighted by Gasteiger charge is 2.61. The van der Waals surface area contributed by atoms with Crippen LogP contribution in [0.25, 0.3) is 0 Å². The molecule has 1 fully saturated rings. The van der Waals surface area contributed by atoms with Crippen LogP contribution in [0.3, 0.4) is 0 Å². The first-order valence-electron chi connectivity index (χ1n) is 16.4. The number of likely N-dealkylation sites (N-methyl/N-ethyl adjacent to an activating group) is 1. The molecule has 10 heteroatoms. The number of anilines is 1. The molecule has 3 aliphatic carbocycles. The van der Waals surface area contributed by atoms with Crippen LogP contribution in [0, 0.1) is 17.3 Å². The zero-order valence-corrected chi connectivity index (χ0v) is 28.2. The predicted octanol–water partition coefficient (Wildman–Crippen LogP) is 3.93. The maximum absolute atomic E-state index is 14.5. The molecule has 0 radical (unpaired) electrons. The fourth-order valence-corrected chi connectivity index (χ4v) is 9.04. The number of hydrogen-bond donors (Lipinski definition) is 3. The summed E-state index contributed by atoms with van der Waals surface area (Å²) in [5, 5.41) is 22.7. The number of phenols is 1. The van der Waals surface area contributed by atoms with Crippen LogP contribution in [-0.2, 0) is 27.3 Å². The lowest BCUT2D eigenvalue weighted by Crippen LogP contribution is -2.58. The Bertz CT molecular complexity index is 1690. The van der Waals surface area contributed by atoms with E-state index in [-0.39, 0.29) is 34.5 Å². The van der Waals surface area contributed by atoms with Crippen molar-refractivity contribution in [2.45, 2.75) is 51.1 Å². The van der Waals surface area contributed by atoms with E-state index in [9.17, 15) is 24.6 Å². The monoisotopic (exact) mass is 642 g/mol. The third-order valence-corrected chi connectivity index (χ3v) is 11.1. The van der Waals surface area contributed by atoms with Crippen LogP contribution in [-0.4, -0.2) is 91.9 Å². The van der Waals surface area contributed by atoms with Crippen LogP contribution in [0.1, 0.15) is 59.2 Å². The number of piperidine rings is 1. The van der Waals surface area contributed by atoms with Gasteiger partial charge in [-0.2, -0.15) is 0 Å². The van der Waals surface area contributed by atoms with Crippen LogP contribution in [0.4, 0.5) is 5.69 Å². The Morgan fingerprint density at radius 1 is 1.06 bits per heavy atom. The highest BCUT2D eigenvalue weighted by atomic mass is 16.5. The molecule has 0 bridgehead atoms. The summed E-state index contributed by atoms with van der Waals surface area (Å²) in [5.41, 5.74) is 8.33. The highest BCUT2D eigenvalue weighted by Crippen LogP contribution is 2.58. The van der Waals surface area contributed by atoms with Crippen molar-refractivity contribution in [2.75, 3.05) is 53.3 Å². The Balaban J connectivity index is 1.40. The van der Waals surface area contributed by atoms with Gasteiger partial charge in [-0.3, -0.25) is 24.2 Å². The Hall–Kier alpha value is -4.15. The van der Waals surface area contributed by atoms with Crippen molar-refractivity contribution >= 4 is 23.2 Å². The maximum atomic E-state index is 14.5. The van der Waals surface area contributed by atoms with Crippen LogP contribution >= 0.6 is 0 Å². The van der Waals surface area contributed by atoms with Crippen molar-refractivity contribution in [2.24, 2.45) is 23.0 Å². The number of methoxy groups -OCH3 is 1. The van der Waals surface area contributed by atoms with Crippen LogP contribution < -0.4 is 10.6 Å². The third-order valence-electron chi connectivity index (χ3n) is 11.1. The first-order chi connectivity index (χ1) is 22.3. The van der Waals surface area contributed by atoms with Gasteiger partial charge in [0.25, 0.3) is 5.91 Å². The fraction of sp³-hybridized carbons (Fsp3) is 0.486. The number of ether oxygens (including phenoxy) is 1. The average Bonchev–Trinajstić information content (AvgIpc) is 3.01. The molecule has 0 unspecified atom stereocenters. The number of aliphatic hydroxyl groups is 1.